The van der Waals surface area contributed by atoms with Gasteiger partial charge >= 0.3 is 0 Å². The zero-order chi connectivity index (χ0) is 15.7. The summed E-state index contributed by atoms with van der Waals surface area (Å²) in [7, 11) is -1.96. The lowest BCUT2D eigenvalue weighted by molar-refractivity contribution is 0.0963. The maximum absolute atomic E-state index is 12.9. The summed E-state index contributed by atoms with van der Waals surface area (Å²) in [5.41, 5.74) is 0.460. The summed E-state index contributed by atoms with van der Waals surface area (Å²) in [5, 5.41) is 5.83. The van der Waals surface area contributed by atoms with Gasteiger partial charge in [-0.15, -0.1) is 0 Å². The van der Waals surface area contributed by atoms with Gasteiger partial charge < -0.3 is 10.6 Å². The highest BCUT2D eigenvalue weighted by Crippen LogP contribution is 2.33. The Bertz CT molecular complexity index is 643. The summed E-state index contributed by atoms with van der Waals surface area (Å²) < 4.78 is 27.6. The number of amides is 1. The largest absolute Gasteiger partial charge is 0.355 e. The second kappa shape index (κ2) is 5.98. The van der Waals surface area contributed by atoms with Crippen LogP contribution in [0.2, 0.25) is 0 Å². The number of benzene rings is 1. The van der Waals surface area contributed by atoms with Crippen LogP contribution in [-0.2, 0) is 10.0 Å². The van der Waals surface area contributed by atoms with Crippen molar-refractivity contribution < 1.29 is 13.2 Å². The molecule has 0 aliphatic carbocycles. The van der Waals surface area contributed by atoms with Crippen LogP contribution in [-0.4, -0.2) is 50.9 Å². The van der Waals surface area contributed by atoms with E-state index in [0.717, 1.165) is 25.8 Å². The molecule has 0 saturated carbocycles. The van der Waals surface area contributed by atoms with Gasteiger partial charge in [-0.3, -0.25) is 4.79 Å². The summed E-state index contributed by atoms with van der Waals surface area (Å²) in [6.45, 7) is 1.58. The number of nitrogens with zero attached hydrogens (tertiary/aromatic N) is 1. The van der Waals surface area contributed by atoms with Gasteiger partial charge in [0.1, 0.15) is 0 Å². The summed E-state index contributed by atoms with van der Waals surface area (Å²) in [6, 6.07) is 6.29. The SMILES string of the molecule is CNC(=O)c1ccc(S(=O)(=O)N2C3CCNCC2CC3)cc1. The number of hydrogen-bond donors (Lipinski definition) is 2. The molecule has 2 fully saturated rings. The lowest BCUT2D eigenvalue weighted by atomic mass is 10.1. The zero-order valence-corrected chi connectivity index (χ0v) is 13.4. The number of carbonyl (C=O) groups is 1. The Morgan fingerprint density at radius 3 is 2.55 bits per heavy atom. The first kappa shape index (κ1) is 15.5. The Morgan fingerprint density at radius 2 is 1.86 bits per heavy atom. The molecular weight excluding hydrogens is 302 g/mol. The lowest BCUT2D eigenvalue weighted by Crippen LogP contribution is -2.42. The van der Waals surface area contributed by atoms with Gasteiger partial charge in [0.05, 0.1) is 4.90 Å². The molecule has 1 amide bonds. The van der Waals surface area contributed by atoms with Crippen LogP contribution < -0.4 is 10.6 Å². The van der Waals surface area contributed by atoms with Gasteiger partial charge in [-0.1, -0.05) is 0 Å². The minimum Gasteiger partial charge on any atom is -0.355 e. The van der Waals surface area contributed by atoms with E-state index in [1.165, 1.54) is 12.1 Å². The summed E-state index contributed by atoms with van der Waals surface area (Å²) >= 11 is 0. The molecule has 2 bridgehead atoms. The highest BCUT2D eigenvalue weighted by atomic mass is 32.2. The third kappa shape index (κ3) is 2.64. The van der Waals surface area contributed by atoms with Gasteiger partial charge in [-0.05, 0) is 50.1 Å². The molecule has 2 heterocycles. The van der Waals surface area contributed by atoms with Crippen LogP contribution >= 0.6 is 0 Å². The van der Waals surface area contributed by atoms with E-state index in [1.807, 2.05) is 0 Å². The molecule has 2 saturated heterocycles. The molecule has 0 spiro atoms. The van der Waals surface area contributed by atoms with Crippen molar-refractivity contribution in [1.82, 2.24) is 14.9 Å². The van der Waals surface area contributed by atoms with E-state index in [-0.39, 0.29) is 22.9 Å². The van der Waals surface area contributed by atoms with Crippen molar-refractivity contribution in [3.63, 3.8) is 0 Å². The van der Waals surface area contributed by atoms with Crippen LogP contribution in [0.3, 0.4) is 0 Å². The maximum Gasteiger partial charge on any atom is 0.251 e. The summed E-state index contributed by atoms with van der Waals surface area (Å²) in [6.07, 6.45) is 2.70. The first-order valence-corrected chi connectivity index (χ1v) is 9.04. The van der Waals surface area contributed by atoms with Gasteiger partial charge in [0, 0.05) is 31.2 Å². The normalized spacial score (nSPS) is 25.7. The minimum atomic E-state index is -3.51. The Balaban J connectivity index is 1.91. The molecule has 0 radical (unpaired) electrons. The molecule has 2 atom stereocenters. The Morgan fingerprint density at radius 1 is 1.18 bits per heavy atom. The van der Waals surface area contributed by atoms with Crippen LogP contribution in [0.25, 0.3) is 0 Å². The van der Waals surface area contributed by atoms with E-state index in [0.29, 0.717) is 12.1 Å². The first-order chi connectivity index (χ1) is 10.5. The second-order valence-electron chi connectivity index (χ2n) is 5.82. The first-order valence-electron chi connectivity index (χ1n) is 7.60. The van der Waals surface area contributed by atoms with E-state index >= 15 is 0 Å². The standard InChI is InChI=1S/C15H21N3O3S/c1-16-15(19)11-2-6-14(7-3-11)22(20,21)18-12-4-5-13(18)10-17-9-8-12/h2-3,6-7,12-13,17H,4-5,8-10H2,1H3,(H,16,19). The smallest absolute Gasteiger partial charge is 0.251 e. The molecule has 1 aromatic carbocycles. The number of rotatable bonds is 3. The molecule has 22 heavy (non-hydrogen) atoms. The molecule has 2 aliphatic rings. The van der Waals surface area contributed by atoms with Crippen molar-refractivity contribution in [3.05, 3.63) is 29.8 Å². The highest BCUT2D eigenvalue weighted by molar-refractivity contribution is 7.89. The molecule has 3 rings (SSSR count). The predicted molar refractivity (Wildman–Crippen MR) is 83.2 cm³/mol. The van der Waals surface area contributed by atoms with Gasteiger partial charge in [-0.2, -0.15) is 4.31 Å². The van der Waals surface area contributed by atoms with E-state index in [2.05, 4.69) is 10.6 Å². The number of hydrogen-bond acceptors (Lipinski definition) is 4. The third-order valence-electron chi connectivity index (χ3n) is 4.51. The van der Waals surface area contributed by atoms with Gasteiger partial charge in [0.2, 0.25) is 10.0 Å². The van der Waals surface area contributed by atoms with Crippen LogP contribution in [0.5, 0.6) is 0 Å². The van der Waals surface area contributed by atoms with Crippen molar-refractivity contribution >= 4 is 15.9 Å². The molecule has 2 N–H and O–H groups in total. The minimum absolute atomic E-state index is 0.0381. The fourth-order valence-electron chi connectivity index (χ4n) is 3.38. The van der Waals surface area contributed by atoms with Crippen molar-refractivity contribution in [2.24, 2.45) is 0 Å². The zero-order valence-electron chi connectivity index (χ0n) is 12.6. The molecule has 2 unspecified atom stereocenters. The Kier molecular flexibility index (Phi) is 4.20. The summed E-state index contributed by atoms with van der Waals surface area (Å²) in [4.78, 5) is 11.8. The third-order valence-corrected chi connectivity index (χ3v) is 6.53. The molecule has 1 aromatic rings. The van der Waals surface area contributed by atoms with Crippen molar-refractivity contribution in [3.8, 4) is 0 Å². The average Bonchev–Trinajstić information content (AvgIpc) is 2.80. The van der Waals surface area contributed by atoms with E-state index < -0.39 is 10.0 Å². The van der Waals surface area contributed by atoms with Crippen molar-refractivity contribution in [1.29, 1.82) is 0 Å². The van der Waals surface area contributed by atoms with E-state index in [1.54, 1.807) is 23.5 Å². The Hall–Kier alpha value is -1.44. The Labute approximate surface area is 130 Å². The highest BCUT2D eigenvalue weighted by Gasteiger charge is 2.42. The maximum atomic E-state index is 12.9. The topological polar surface area (TPSA) is 78.5 Å². The molecule has 2 aliphatic heterocycles. The van der Waals surface area contributed by atoms with Crippen LogP contribution in [0.4, 0.5) is 0 Å². The fraction of sp³-hybridized carbons (Fsp3) is 0.533. The number of carbonyl (C=O) groups excluding carboxylic acids is 1. The number of sulfonamides is 1. The van der Waals surface area contributed by atoms with E-state index in [4.69, 9.17) is 0 Å². The second-order valence-corrected chi connectivity index (χ2v) is 7.66. The monoisotopic (exact) mass is 323 g/mol. The van der Waals surface area contributed by atoms with Crippen LogP contribution in [0.1, 0.15) is 29.6 Å². The average molecular weight is 323 g/mol. The molecule has 0 aromatic heterocycles. The molecule has 120 valence electrons. The fourth-order valence-corrected chi connectivity index (χ4v) is 5.27. The van der Waals surface area contributed by atoms with E-state index in [9.17, 15) is 13.2 Å². The van der Waals surface area contributed by atoms with Crippen LogP contribution in [0.15, 0.2) is 29.2 Å². The number of fused-ring (bicyclic) bond motifs is 2. The number of nitrogens with one attached hydrogen (secondary N) is 2. The molecule has 6 nitrogen and oxygen atoms in total. The van der Waals surface area contributed by atoms with Crippen LogP contribution in [0, 0.1) is 0 Å². The van der Waals surface area contributed by atoms with Crippen molar-refractivity contribution in [2.75, 3.05) is 20.1 Å². The quantitative estimate of drug-likeness (QED) is 0.852. The summed E-state index contributed by atoms with van der Waals surface area (Å²) in [5.74, 6) is -0.219. The molecule has 7 heteroatoms. The van der Waals surface area contributed by atoms with Gasteiger partial charge in [0.15, 0.2) is 0 Å². The molecular formula is C15H21N3O3S. The van der Waals surface area contributed by atoms with Gasteiger partial charge in [-0.25, -0.2) is 8.42 Å². The van der Waals surface area contributed by atoms with Crippen molar-refractivity contribution in [2.45, 2.75) is 36.2 Å². The predicted octanol–water partition coefficient (Wildman–Crippen LogP) is 0.561. The lowest BCUT2D eigenvalue weighted by Gasteiger charge is -2.26. The van der Waals surface area contributed by atoms with Gasteiger partial charge in [0.25, 0.3) is 5.91 Å².